The summed E-state index contributed by atoms with van der Waals surface area (Å²) >= 11 is 0. The third-order valence-corrected chi connectivity index (χ3v) is 5.37. The highest BCUT2D eigenvalue weighted by Crippen LogP contribution is 2.17. The van der Waals surface area contributed by atoms with Crippen LogP contribution in [0.25, 0.3) is 0 Å². The van der Waals surface area contributed by atoms with E-state index in [1.165, 1.54) is 6.42 Å². The lowest BCUT2D eigenvalue weighted by Crippen LogP contribution is -2.50. The van der Waals surface area contributed by atoms with Crippen LogP contribution < -0.4 is 10.6 Å². The molecule has 3 rings (SSSR count). The summed E-state index contributed by atoms with van der Waals surface area (Å²) in [6, 6.07) is 17.0. The van der Waals surface area contributed by atoms with Crippen molar-refractivity contribution in [1.82, 2.24) is 10.6 Å². The molecule has 7 nitrogen and oxygen atoms in total. The molecule has 1 saturated carbocycles. The zero-order valence-electron chi connectivity index (χ0n) is 18.1. The topological polar surface area (TPSA) is 93.7 Å². The maximum Gasteiger partial charge on any atom is 0.329 e. The first-order chi connectivity index (χ1) is 15.6. The third kappa shape index (κ3) is 8.06. The van der Waals surface area contributed by atoms with Crippen LogP contribution in [0.15, 0.2) is 60.7 Å². The van der Waals surface area contributed by atoms with Crippen LogP contribution in [0.3, 0.4) is 0 Å². The average molecular weight is 439 g/mol. The van der Waals surface area contributed by atoms with E-state index in [0.717, 1.165) is 36.8 Å². The van der Waals surface area contributed by atoms with Crippen LogP contribution >= 0.6 is 0 Å². The number of hydrogen-bond acceptors (Lipinski definition) is 5. The van der Waals surface area contributed by atoms with E-state index in [1.807, 2.05) is 60.7 Å². The molecule has 1 fully saturated rings. The maximum absolute atomic E-state index is 12.7. The normalized spacial score (nSPS) is 14.8. The molecule has 170 valence electrons. The molecule has 0 heterocycles. The summed E-state index contributed by atoms with van der Waals surface area (Å²) in [7, 11) is 0. The van der Waals surface area contributed by atoms with E-state index in [2.05, 4.69) is 10.6 Å². The molecule has 2 aromatic rings. The van der Waals surface area contributed by atoms with Gasteiger partial charge in [-0.15, -0.1) is 0 Å². The molecule has 32 heavy (non-hydrogen) atoms. The van der Waals surface area contributed by atoms with E-state index in [-0.39, 0.29) is 25.7 Å². The molecular formula is C25H30N2O5. The number of rotatable bonds is 9. The van der Waals surface area contributed by atoms with Crippen LogP contribution in [-0.2, 0) is 32.3 Å². The fraction of sp³-hybridized carbons (Fsp3) is 0.400. The molecule has 0 bridgehead atoms. The number of ether oxygens (including phenoxy) is 2. The minimum Gasteiger partial charge on any atom is -0.461 e. The molecule has 1 atom stereocenters. The number of benzene rings is 2. The summed E-state index contributed by atoms with van der Waals surface area (Å²) in [5, 5.41) is 5.50. The number of urea groups is 1. The van der Waals surface area contributed by atoms with Crippen LogP contribution in [0.4, 0.5) is 4.79 Å². The van der Waals surface area contributed by atoms with Crippen LogP contribution in [0.5, 0.6) is 0 Å². The first kappa shape index (κ1) is 23.3. The Kier molecular flexibility index (Phi) is 9.10. The number of hydrogen-bond donors (Lipinski definition) is 2. The lowest BCUT2D eigenvalue weighted by Gasteiger charge is -2.24. The summed E-state index contributed by atoms with van der Waals surface area (Å²) in [6.07, 6.45) is 4.82. The van der Waals surface area contributed by atoms with Gasteiger partial charge in [-0.3, -0.25) is 4.79 Å². The Morgan fingerprint density at radius 2 is 1.38 bits per heavy atom. The molecule has 1 aliphatic carbocycles. The quantitative estimate of drug-likeness (QED) is 0.580. The lowest BCUT2D eigenvalue weighted by molar-refractivity contribution is -0.153. The summed E-state index contributed by atoms with van der Waals surface area (Å²) in [4.78, 5) is 37.5. The Hall–Kier alpha value is -3.35. The van der Waals surface area contributed by atoms with E-state index in [0.29, 0.717) is 0 Å². The van der Waals surface area contributed by atoms with Crippen molar-refractivity contribution < 1.29 is 23.9 Å². The molecule has 0 saturated heterocycles. The van der Waals surface area contributed by atoms with Crippen molar-refractivity contribution in [2.75, 3.05) is 0 Å². The minimum absolute atomic E-state index is 0.0567. The highest BCUT2D eigenvalue weighted by molar-refractivity contribution is 5.87. The Morgan fingerprint density at radius 3 is 1.97 bits per heavy atom. The van der Waals surface area contributed by atoms with Crippen molar-refractivity contribution in [3.05, 3.63) is 71.8 Å². The van der Waals surface area contributed by atoms with Crippen molar-refractivity contribution in [2.45, 2.75) is 63.8 Å². The number of carbonyl (C=O) groups excluding carboxylic acids is 3. The van der Waals surface area contributed by atoms with Crippen molar-refractivity contribution in [3.8, 4) is 0 Å². The van der Waals surface area contributed by atoms with E-state index in [1.54, 1.807) is 0 Å². The van der Waals surface area contributed by atoms with Gasteiger partial charge < -0.3 is 20.1 Å². The van der Waals surface area contributed by atoms with Crippen LogP contribution in [0, 0.1) is 0 Å². The summed E-state index contributed by atoms with van der Waals surface area (Å²) in [5.41, 5.74) is 1.66. The van der Waals surface area contributed by atoms with Gasteiger partial charge >= 0.3 is 18.0 Å². The molecule has 0 aliphatic heterocycles. The van der Waals surface area contributed by atoms with Crippen LogP contribution in [-0.4, -0.2) is 30.1 Å². The van der Waals surface area contributed by atoms with E-state index < -0.39 is 24.0 Å². The maximum atomic E-state index is 12.7. The van der Waals surface area contributed by atoms with Crippen molar-refractivity contribution in [3.63, 3.8) is 0 Å². The van der Waals surface area contributed by atoms with Gasteiger partial charge in [0.2, 0.25) is 0 Å². The van der Waals surface area contributed by atoms with Gasteiger partial charge in [0.1, 0.15) is 19.3 Å². The molecule has 0 aromatic heterocycles. The Labute approximate surface area is 188 Å². The average Bonchev–Trinajstić information content (AvgIpc) is 2.83. The van der Waals surface area contributed by atoms with Gasteiger partial charge in [0.15, 0.2) is 0 Å². The summed E-state index contributed by atoms with van der Waals surface area (Å²) < 4.78 is 10.6. The Bertz CT molecular complexity index is 866. The molecule has 0 radical (unpaired) electrons. The minimum atomic E-state index is -1.13. The second-order valence-corrected chi connectivity index (χ2v) is 7.95. The monoisotopic (exact) mass is 438 g/mol. The number of amides is 2. The third-order valence-electron chi connectivity index (χ3n) is 5.37. The molecule has 1 aliphatic rings. The van der Waals surface area contributed by atoms with Gasteiger partial charge in [-0.2, -0.15) is 0 Å². The molecule has 7 heteroatoms. The van der Waals surface area contributed by atoms with Crippen molar-refractivity contribution >= 4 is 18.0 Å². The fourth-order valence-corrected chi connectivity index (χ4v) is 3.62. The van der Waals surface area contributed by atoms with Gasteiger partial charge in [-0.05, 0) is 24.0 Å². The second kappa shape index (κ2) is 12.5. The predicted octanol–water partition coefficient (Wildman–Crippen LogP) is 3.86. The highest BCUT2D eigenvalue weighted by Gasteiger charge is 2.27. The highest BCUT2D eigenvalue weighted by atomic mass is 16.5. The summed E-state index contributed by atoms with van der Waals surface area (Å²) in [6.45, 7) is 0.154. The molecule has 0 unspecified atom stereocenters. The molecule has 2 aromatic carbocycles. The Morgan fingerprint density at radius 1 is 0.812 bits per heavy atom. The van der Waals surface area contributed by atoms with Crippen molar-refractivity contribution in [2.24, 2.45) is 0 Å². The van der Waals surface area contributed by atoms with Crippen LogP contribution in [0.2, 0.25) is 0 Å². The van der Waals surface area contributed by atoms with Crippen molar-refractivity contribution in [1.29, 1.82) is 0 Å². The van der Waals surface area contributed by atoms with Gasteiger partial charge in [-0.1, -0.05) is 79.9 Å². The number of esters is 2. The zero-order valence-corrected chi connectivity index (χ0v) is 18.1. The summed E-state index contributed by atoms with van der Waals surface area (Å²) in [5.74, 6) is -1.27. The van der Waals surface area contributed by atoms with Gasteiger partial charge in [0, 0.05) is 6.04 Å². The predicted molar refractivity (Wildman–Crippen MR) is 119 cm³/mol. The zero-order chi connectivity index (χ0) is 22.6. The molecular weight excluding hydrogens is 408 g/mol. The number of nitrogens with one attached hydrogen (secondary N) is 2. The molecule has 0 spiro atoms. The smallest absolute Gasteiger partial charge is 0.329 e. The van der Waals surface area contributed by atoms with Crippen LogP contribution in [0.1, 0.15) is 49.7 Å². The van der Waals surface area contributed by atoms with E-state index in [9.17, 15) is 14.4 Å². The SMILES string of the molecule is O=C(NC1CCCCC1)N[C@H](CC(=O)OCc1ccccc1)C(=O)OCc1ccccc1. The second-order valence-electron chi connectivity index (χ2n) is 7.95. The van der Waals surface area contributed by atoms with E-state index in [4.69, 9.17) is 9.47 Å². The first-order valence-corrected chi connectivity index (χ1v) is 11.1. The Balaban J connectivity index is 1.56. The standard InChI is InChI=1S/C25H30N2O5/c28-23(31-17-19-10-4-1-5-11-19)16-22(24(29)32-18-20-12-6-2-7-13-20)27-25(30)26-21-14-8-3-9-15-21/h1-2,4-7,10-13,21-22H,3,8-9,14-18H2,(H2,26,27,30)/t22-/m1/s1. The largest absolute Gasteiger partial charge is 0.461 e. The lowest BCUT2D eigenvalue weighted by atomic mass is 9.96. The molecule has 2 amide bonds. The fourth-order valence-electron chi connectivity index (χ4n) is 3.62. The van der Waals surface area contributed by atoms with Gasteiger partial charge in [0.25, 0.3) is 0 Å². The van der Waals surface area contributed by atoms with E-state index >= 15 is 0 Å². The van der Waals surface area contributed by atoms with Gasteiger partial charge in [-0.25, -0.2) is 9.59 Å². The first-order valence-electron chi connectivity index (χ1n) is 11.1. The van der Waals surface area contributed by atoms with Gasteiger partial charge in [0.05, 0.1) is 6.42 Å². The molecule has 2 N–H and O–H groups in total. The number of carbonyl (C=O) groups is 3.